The molecule has 0 unspecified atom stereocenters. The lowest BCUT2D eigenvalue weighted by atomic mass is 9.95. The smallest absolute Gasteiger partial charge is 0.351 e. The van der Waals surface area contributed by atoms with E-state index in [9.17, 15) is 9.59 Å². The first-order chi connectivity index (χ1) is 12.5. The molecule has 0 spiro atoms. The zero-order chi connectivity index (χ0) is 18.5. The number of hydrogen-bond donors (Lipinski definition) is 1. The third-order valence-corrected chi connectivity index (χ3v) is 5.79. The zero-order valence-electron chi connectivity index (χ0n) is 15.2. The van der Waals surface area contributed by atoms with Gasteiger partial charge in [0.25, 0.3) is 5.91 Å². The molecular weight excluding hydrogens is 348 g/mol. The molecule has 2 aromatic rings. The predicted octanol–water partition coefficient (Wildman–Crippen LogP) is 4.11. The van der Waals surface area contributed by atoms with Crippen LogP contribution in [0.5, 0.6) is 0 Å². The van der Waals surface area contributed by atoms with Crippen LogP contribution in [0.2, 0.25) is 0 Å². The van der Waals surface area contributed by atoms with E-state index in [2.05, 4.69) is 10.3 Å². The van der Waals surface area contributed by atoms with Crippen molar-refractivity contribution < 1.29 is 14.3 Å². The number of thiazole rings is 1. The van der Waals surface area contributed by atoms with Crippen molar-refractivity contribution in [3.63, 3.8) is 0 Å². The lowest BCUT2D eigenvalue weighted by Crippen LogP contribution is -2.42. The van der Waals surface area contributed by atoms with E-state index in [1.807, 2.05) is 30.3 Å². The Balaban J connectivity index is 1.62. The van der Waals surface area contributed by atoms with E-state index < -0.39 is 12.1 Å². The summed E-state index contributed by atoms with van der Waals surface area (Å²) in [5.74, 6) is -0.718. The van der Waals surface area contributed by atoms with Crippen molar-refractivity contribution in [1.82, 2.24) is 10.3 Å². The molecule has 0 saturated heterocycles. The Bertz CT molecular complexity index is 767. The molecule has 0 radical (unpaired) electrons. The van der Waals surface area contributed by atoms with Crippen molar-refractivity contribution in [2.24, 2.45) is 0 Å². The van der Waals surface area contributed by atoms with Gasteiger partial charge in [-0.15, -0.1) is 11.3 Å². The molecule has 1 amide bonds. The molecule has 1 aromatic carbocycles. The molecule has 5 nitrogen and oxygen atoms in total. The van der Waals surface area contributed by atoms with E-state index in [4.69, 9.17) is 4.74 Å². The molecule has 1 aliphatic carbocycles. The van der Waals surface area contributed by atoms with Crippen LogP contribution >= 0.6 is 11.3 Å². The number of carbonyl (C=O) groups excluding carboxylic acids is 2. The van der Waals surface area contributed by atoms with E-state index in [1.54, 1.807) is 13.8 Å². The molecule has 1 fully saturated rings. The minimum absolute atomic E-state index is 0.201. The molecule has 26 heavy (non-hydrogen) atoms. The molecule has 1 saturated carbocycles. The maximum Gasteiger partial charge on any atom is 0.351 e. The molecule has 1 aliphatic rings. The normalized spacial score (nSPS) is 16.1. The number of nitrogens with zero attached hydrogens (tertiary/aromatic N) is 1. The van der Waals surface area contributed by atoms with Crippen molar-refractivity contribution in [3.8, 4) is 10.6 Å². The Kier molecular flexibility index (Phi) is 6.04. The van der Waals surface area contributed by atoms with Crippen LogP contribution in [0.1, 0.15) is 54.4 Å². The molecule has 138 valence electrons. The van der Waals surface area contributed by atoms with E-state index in [-0.39, 0.29) is 11.9 Å². The van der Waals surface area contributed by atoms with Crippen LogP contribution in [0.3, 0.4) is 0 Å². The summed E-state index contributed by atoms with van der Waals surface area (Å²) in [6.45, 7) is 3.40. The Morgan fingerprint density at radius 1 is 1.19 bits per heavy atom. The van der Waals surface area contributed by atoms with Crippen LogP contribution in [0, 0.1) is 6.92 Å². The van der Waals surface area contributed by atoms with E-state index in [0.717, 1.165) is 36.3 Å². The first-order valence-electron chi connectivity index (χ1n) is 9.09. The highest BCUT2D eigenvalue weighted by Gasteiger charge is 2.25. The van der Waals surface area contributed by atoms with Crippen LogP contribution in [-0.2, 0) is 9.53 Å². The fourth-order valence-electron chi connectivity index (χ4n) is 3.12. The number of aryl methyl sites for hydroxylation is 1. The number of ether oxygens (including phenoxy) is 1. The monoisotopic (exact) mass is 372 g/mol. The molecule has 3 rings (SSSR count). The topological polar surface area (TPSA) is 68.3 Å². The third-order valence-electron chi connectivity index (χ3n) is 4.61. The van der Waals surface area contributed by atoms with Crippen molar-refractivity contribution in [2.45, 2.75) is 58.1 Å². The Hall–Kier alpha value is -2.21. The second-order valence-corrected chi connectivity index (χ2v) is 7.69. The van der Waals surface area contributed by atoms with Crippen LogP contribution in [-0.4, -0.2) is 29.0 Å². The number of nitrogens with one attached hydrogen (secondary N) is 1. The number of rotatable bonds is 5. The van der Waals surface area contributed by atoms with Gasteiger partial charge in [0, 0.05) is 11.6 Å². The Morgan fingerprint density at radius 3 is 2.58 bits per heavy atom. The average molecular weight is 372 g/mol. The molecule has 1 heterocycles. The molecule has 1 aromatic heterocycles. The lowest BCUT2D eigenvalue weighted by Gasteiger charge is -2.24. The summed E-state index contributed by atoms with van der Waals surface area (Å²) < 4.78 is 5.39. The molecule has 1 atom stereocenters. The van der Waals surface area contributed by atoms with Crippen LogP contribution in [0.4, 0.5) is 0 Å². The third kappa shape index (κ3) is 4.49. The Labute approximate surface area is 157 Å². The largest absolute Gasteiger partial charge is 0.448 e. The Morgan fingerprint density at radius 2 is 1.88 bits per heavy atom. The molecule has 0 aliphatic heterocycles. The van der Waals surface area contributed by atoms with Gasteiger partial charge in [-0.3, -0.25) is 4.79 Å². The number of amides is 1. The summed E-state index contributed by atoms with van der Waals surface area (Å²) in [5.41, 5.74) is 1.58. The van der Waals surface area contributed by atoms with Gasteiger partial charge in [0.2, 0.25) is 0 Å². The summed E-state index contributed by atoms with van der Waals surface area (Å²) >= 11 is 1.29. The second kappa shape index (κ2) is 8.45. The van der Waals surface area contributed by atoms with E-state index in [1.165, 1.54) is 17.8 Å². The summed E-state index contributed by atoms with van der Waals surface area (Å²) in [7, 11) is 0. The first-order valence-corrected chi connectivity index (χ1v) is 9.90. The summed E-state index contributed by atoms with van der Waals surface area (Å²) in [6.07, 6.45) is 4.70. The summed E-state index contributed by atoms with van der Waals surface area (Å²) in [5, 5.41) is 3.77. The highest BCUT2D eigenvalue weighted by atomic mass is 32.1. The SMILES string of the molecule is Cc1nc(-c2ccccc2)sc1C(=O)O[C@@H](C)C(=O)NC1CCCCC1. The highest BCUT2D eigenvalue weighted by molar-refractivity contribution is 7.17. The number of hydrogen-bond acceptors (Lipinski definition) is 5. The van der Waals surface area contributed by atoms with Gasteiger partial charge in [-0.1, -0.05) is 49.6 Å². The van der Waals surface area contributed by atoms with Crippen molar-refractivity contribution in [1.29, 1.82) is 0 Å². The summed E-state index contributed by atoms with van der Waals surface area (Å²) in [6, 6.07) is 9.91. The average Bonchev–Trinajstić information content (AvgIpc) is 3.05. The minimum atomic E-state index is -0.814. The molecule has 0 bridgehead atoms. The highest BCUT2D eigenvalue weighted by Crippen LogP contribution is 2.28. The second-order valence-electron chi connectivity index (χ2n) is 6.69. The lowest BCUT2D eigenvalue weighted by molar-refractivity contribution is -0.130. The summed E-state index contributed by atoms with van der Waals surface area (Å²) in [4.78, 5) is 29.7. The number of benzene rings is 1. The molecule has 1 N–H and O–H groups in total. The fraction of sp³-hybridized carbons (Fsp3) is 0.450. The van der Waals surface area contributed by atoms with Gasteiger partial charge in [0.15, 0.2) is 6.10 Å². The number of carbonyl (C=O) groups is 2. The molecular formula is C20H24N2O3S. The zero-order valence-corrected chi connectivity index (χ0v) is 16.0. The van der Waals surface area contributed by atoms with Gasteiger partial charge >= 0.3 is 5.97 Å². The fourth-order valence-corrected chi connectivity index (χ4v) is 4.08. The van der Waals surface area contributed by atoms with Gasteiger partial charge in [0.1, 0.15) is 9.88 Å². The number of esters is 1. The first kappa shape index (κ1) is 18.6. The van der Waals surface area contributed by atoms with Crippen molar-refractivity contribution >= 4 is 23.2 Å². The van der Waals surface area contributed by atoms with Gasteiger partial charge in [-0.2, -0.15) is 0 Å². The van der Waals surface area contributed by atoms with Gasteiger partial charge < -0.3 is 10.1 Å². The predicted molar refractivity (Wildman–Crippen MR) is 102 cm³/mol. The molecule has 6 heteroatoms. The minimum Gasteiger partial charge on any atom is -0.448 e. The van der Waals surface area contributed by atoms with Gasteiger partial charge in [-0.05, 0) is 26.7 Å². The maximum atomic E-state index is 12.5. The van der Waals surface area contributed by atoms with Gasteiger partial charge in [0.05, 0.1) is 5.69 Å². The van der Waals surface area contributed by atoms with Crippen molar-refractivity contribution in [2.75, 3.05) is 0 Å². The van der Waals surface area contributed by atoms with E-state index in [0.29, 0.717) is 10.6 Å². The van der Waals surface area contributed by atoms with Crippen LogP contribution < -0.4 is 5.32 Å². The quantitative estimate of drug-likeness (QED) is 0.802. The van der Waals surface area contributed by atoms with E-state index >= 15 is 0 Å². The van der Waals surface area contributed by atoms with Crippen LogP contribution in [0.25, 0.3) is 10.6 Å². The standard InChI is InChI=1S/C20H24N2O3S/c1-13-17(26-19(21-13)15-9-5-3-6-10-15)20(24)25-14(2)18(23)22-16-11-7-4-8-12-16/h3,5-6,9-10,14,16H,4,7-8,11-12H2,1-2H3,(H,22,23)/t14-/m0/s1. The van der Waals surface area contributed by atoms with Gasteiger partial charge in [-0.25, -0.2) is 9.78 Å². The van der Waals surface area contributed by atoms with Crippen molar-refractivity contribution in [3.05, 3.63) is 40.9 Å². The number of aromatic nitrogens is 1. The van der Waals surface area contributed by atoms with Crippen LogP contribution in [0.15, 0.2) is 30.3 Å². The maximum absolute atomic E-state index is 12.5.